The van der Waals surface area contributed by atoms with Crippen molar-refractivity contribution in [2.75, 3.05) is 30.8 Å². The molecule has 0 spiro atoms. The molecule has 1 N–H and O–H groups in total. The lowest BCUT2D eigenvalue weighted by molar-refractivity contribution is -0.137. The molecule has 0 bridgehead atoms. The van der Waals surface area contributed by atoms with Gasteiger partial charge in [0.05, 0.1) is 5.56 Å². The van der Waals surface area contributed by atoms with Crippen molar-refractivity contribution in [3.63, 3.8) is 0 Å². The van der Waals surface area contributed by atoms with Crippen LogP contribution in [0.4, 0.5) is 23.7 Å². The first kappa shape index (κ1) is 18.8. The van der Waals surface area contributed by atoms with Gasteiger partial charge in [-0.2, -0.15) is 13.2 Å². The fourth-order valence-electron chi connectivity index (χ4n) is 3.14. The van der Waals surface area contributed by atoms with Crippen LogP contribution in [0.3, 0.4) is 0 Å². The summed E-state index contributed by atoms with van der Waals surface area (Å²) in [7, 11) is 0. The number of urea groups is 1. The van der Waals surface area contributed by atoms with Crippen LogP contribution in [-0.2, 0) is 6.18 Å². The maximum Gasteiger partial charge on any atom is 0.416 e. The fraction of sp³-hybridized carbons (Fsp3) is 0.316. The smallest absolute Gasteiger partial charge is 0.416 e. The number of alkyl halides is 3. The number of thioether (sulfide) groups is 1. The Hall–Kier alpha value is -2.55. The van der Waals surface area contributed by atoms with Gasteiger partial charge in [0.25, 0.3) is 0 Å². The van der Waals surface area contributed by atoms with E-state index in [1.165, 1.54) is 12.1 Å². The molecule has 2 amide bonds. The Morgan fingerprint density at radius 1 is 1.11 bits per heavy atom. The topological polar surface area (TPSA) is 50.8 Å². The zero-order chi connectivity index (χ0) is 19.7. The SMILES string of the molecule is O=C(Nc1cccc(C(F)(F)F)c1)N1CCSC1c1ccc2c(c1)OCCO2. The van der Waals surface area contributed by atoms with E-state index in [0.29, 0.717) is 31.3 Å². The first-order chi connectivity index (χ1) is 13.4. The Morgan fingerprint density at radius 2 is 1.89 bits per heavy atom. The molecule has 1 fully saturated rings. The molecule has 5 nitrogen and oxygen atoms in total. The second kappa shape index (κ2) is 7.46. The Labute approximate surface area is 163 Å². The average Bonchev–Trinajstić information content (AvgIpc) is 3.17. The number of anilines is 1. The van der Waals surface area contributed by atoms with Gasteiger partial charge in [0.2, 0.25) is 0 Å². The number of fused-ring (bicyclic) bond motifs is 1. The van der Waals surface area contributed by atoms with Gasteiger partial charge in [0, 0.05) is 18.0 Å². The van der Waals surface area contributed by atoms with Gasteiger partial charge in [-0.3, -0.25) is 0 Å². The summed E-state index contributed by atoms with van der Waals surface area (Å²) in [4.78, 5) is 14.3. The van der Waals surface area contributed by atoms with Crippen LogP contribution < -0.4 is 14.8 Å². The number of carbonyl (C=O) groups excluding carboxylic acids is 1. The van der Waals surface area contributed by atoms with Crippen LogP contribution >= 0.6 is 11.8 Å². The first-order valence-electron chi connectivity index (χ1n) is 8.68. The monoisotopic (exact) mass is 410 g/mol. The Kier molecular flexibility index (Phi) is 5.01. The molecule has 1 atom stereocenters. The van der Waals surface area contributed by atoms with Crippen LogP contribution in [0.5, 0.6) is 11.5 Å². The molecular weight excluding hydrogens is 393 g/mol. The van der Waals surface area contributed by atoms with Gasteiger partial charge in [-0.15, -0.1) is 11.8 Å². The fourth-order valence-corrected chi connectivity index (χ4v) is 4.38. The van der Waals surface area contributed by atoms with Gasteiger partial charge in [-0.1, -0.05) is 12.1 Å². The molecule has 4 rings (SSSR count). The summed E-state index contributed by atoms with van der Waals surface area (Å²) in [5.41, 5.74) is 0.188. The number of ether oxygens (including phenoxy) is 2. The largest absolute Gasteiger partial charge is 0.486 e. The van der Waals surface area contributed by atoms with E-state index < -0.39 is 17.8 Å². The van der Waals surface area contributed by atoms with Crippen molar-refractivity contribution in [2.24, 2.45) is 0 Å². The summed E-state index contributed by atoms with van der Waals surface area (Å²) in [5, 5.41) is 2.33. The zero-order valence-electron chi connectivity index (χ0n) is 14.7. The molecule has 1 unspecified atom stereocenters. The van der Waals surface area contributed by atoms with Gasteiger partial charge in [0.15, 0.2) is 11.5 Å². The number of hydrogen-bond acceptors (Lipinski definition) is 4. The van der Waals surface area contributed by atoms with Crippen molar-refractivity contribution in [1.29, 1.82) is 0 Å². The summed E-state index contributed by atoms with van der Waals surface area (Å²) >= 11 is 1.59. The molecule has 2 aliphatic heterocycles. The quantitative estimate of drug-likeness (QED) is 0.776. The molecular formula is C19H17F3N2O3S. The molecule has 0 aliphatic carbocycles. The predicted octanol–water partition coefficient (Wildman–Crippen LogP) is 4.76. The number of hydrogen-bond donors (Lipinski definition) is 1. The van der Waals surface area contributed by atoms with E-state index >= 15 is 0 Å². The first-order valence-corrected chi connectivity index (χ1v) is 9.73. The number of amides is 2. The molecule has 0 aromatic heterocycles. The molecule has 28 heavy (non-hydrogen) atoms. The van der Waals surface area contributed by atoms with Crippen molar-refractivity contribution < 1.29 is 27.4 Å². The van der Waals surface area contributed by atoms with E-state index in [1.54, 1.807) is 16.7 Å². The van der Waals surface area contributed by atoms with Crippen LogP contribution in [0, 0.1) is 0 Å². The van der Waals surface area contributed by atoms with E-state index in [0.717, 1.165) is 23.4 Å². The molecule has 1 saturated heterocycles. The van der Waals surface area contributed by atoms with E-state index in [2.05, 4.69) is 5.32 Å². The Balaban J connectivity index is 1.51. The van der Waals surface area contributed by atoms with Crippen molar-refractivity contribution in [3.05, 3.63) is 53.6 Å². The molecule has 2 heterocycles. The van der Waals surface area contributed by atoms with Crippen molar-refractivity contribution in [3.8, 4) is 11.5 Å². The van der Waals surface area contributed by atoms with Crippen molar-refractivity contribution >= 4 is 23.5 Å². The third-order valence-electron chi connectivity index (χ3n) is 4.44. The minimum absolute atomic E-state index is 0.109. The van der Waals surface area contributed by atoms with Crippen LogP contribution in [-0.4, -0.2) is 36.4 Å². The lowest BCUT2D eigenvalue weighted by Crippen LogP contribution is -2.34. The molecule has 0 saturated carbocycles. The van der Waals surface area contributed by atoms with Crippen LogP contribution in [0.15, 0.2) is 42.5 Å². The Bertz CT molecular complexity index is 891. The standard InChI is InChI=1S/C19H17F3N2O3S/c20-19(21,22)13-2-1-3-14(11-13)23-18(25)24-6-9-28-17(24)12-4-5-15-16(10-12)27-8-7-26-15/h1-5,10-11,17H,6-9H2,(H,23,25). The number of nitrogens with zero attached hydrogens (tertiary/aromatic N) is 1. The predicted molar refractivity (Wildman–Crippen MR) is 99.8 cm³/mol. The van der Waals surface area contributed by atoms with Gasteiger partial charge >= 0.3 is 12.2 Å². The summed E-state index contributed by atoms with van der Waals surface area (Å²) in [6.45, 7) is 1.46. The maximum atomic E-state index is 12.9. The van der Waals surface area contributed by atoms with Crippen LogP contribution in [0.2, 0.25) is 0 Å². The second-order valence-electron chi connectivity index (χ2n) is 6.33. The average molecular weight is 410 g/mol. The second-order valence-corrected chi connectivity index (χ2v) is 7.52. The minimum Gasteiger partial charge on any atom is -0.486 e. The summed E-state index contributed by atoms with van der Waals surface area (Å²) in [5.74, 6) is 2.03. The highest BCUT2D eigenvalue weighted by Crippen LogP contribution is 2.42. The molecule has 2 aromatic rings. The number of nitrogens with one attached hydrogen (secondary N) is 1. The van der Waals surface area contributed by atoms with Gasteiger partial charge in [0.1, 0.15) is 18.6 Å². The zero-order valence-corrected chi connectivity index (χ0v) is 15.5. The minimum atomic E-state index is -4.46. The maximum absolute atomic E-state index is 12.9. The van der Waals surface area contributed by atoms with Gasteiger partial charge in [-0.05, 0) is 35.9 Å². The van der Waals surface area contributed by atoms with E-state index in [4.69, 9.17) is 9.47 Å². The highest BCUT2D eigenvalue weighted by atomic mass is 32.2. The molecule has 2 aromatic carbocycles. The lowest BCUT2D eigenvalue weighted by atomic mass is 10.1. The van der Waals surface area contributed by atoms with Crippen LogP contribution in [0.25, 0.3) is 0 Å². The number of carbonyl (C=O) groups is 1. The van der Waals surface area contributed by atoms with Gasteiger partial charge < -0.3 is 19.7 Å². The number of halogens is 3. The summed E-state index contributed by atoms with van der Waals surface area (Å²) in [6, 6.07) is 9.71. The molecule has 2 aliphatic rings. The van der Waals surface area contributed by atoms with Crippen molar-refractivity contribution in [2.45, 2.75) is 11.6 Å². The Morgan fingerprint density at radius 3 is 2.68 bits per heavy atom. The van der Waals surface area contributed by atoms with E-state index in [1.807, 2.05) is 18.2 Å². The highest BCUT2D eigenvalue weighted by molar-refractivity contribution is 7.99. The molecule has 9 heteroatoms. The number of benzene rings is 2. The summed E-state index contributed by atoms with van der Waals surface area (Å²) in [6.07, 6.45) is -4.46. The normalized spacial score (nSPS) is 18.8. The lowest BCUT2D eigenvalue weighted by Gasteiger charge is -2.26. The molecule has 148 valence electrons. The molecule has 0 radical (unpaired) electrons. The number of rotatable bonds is 2. The van der Waals surface area contributed by atoms with Crippen molar-refractivity contribution in [1.82, 2.24) is 4.90 Å². The van der Waals surface area contributed by atoms with E-state index in [-0.39, 0.29) is 11.1 Å². The van der Waals surface area contributed by atoms with E-state index in [9.17, 15) is 18.0 Å². The third-order valence-corrected chi connectivity index (χ3v) is 5.71. The summed E-state index contributed by atoms with van der Waals surface area (Å²) < 4.78 is 49.8. The van der Waals surface area contributed by atoms with Gasteiger partial charge in [-0.25, -0.2) is 4.79 Å². The highest BCUT2D eigenvalue weighted by Gasteiger charge is 2.33. The third kappa shape index (κ3) is 3.84. The van der Waals surface area contributed by atoms with Crippen LogP contribution in [0.1, 0.15) is 16.5 Å².